The molecule has 3 aromatic heterocycles. The van der Waals surface area contributed by atoms with Crippen LogP contribution < -0.4 is 0 Å². The third kappa shape index (κ3) is 1.55. The van der Waals surface area contributed by atoms with Crippen LogP contribution in [0.15, 0.2) is 54.7 Å². The minimum absolute atomic E-state index is 0.0986. The van der Waals surface area contributed by atoms with E-state index in [0.717, 1.165) is 22.0 Å². The van der Waals surface area contributed by atoms with Gasteiger partial charge in [0.2, 0.25) is 0 Å². The molecule has 0 aliphatic carbocycles. The minimum Gasteiger partial charge on any atom is -0.494 e. The first kappa shape index (κ1) is 11.0. The fraction of sp³-hybridized carbons (Fsp3) is 0. The van der Waals surface area contributed by atoms with Gasteiger partial charge in [-0.3, -0.25) is 0 Å². The van der Waals surface area contributed by atoms with Gasteiger partial charge in [0.1, 0.15) is 5.65 Å². The van der Waals surface area contributed by atoms with Crippen molar-refractivity contribution in [3.63, 3.8) is 0 Å². The lowest BCUT2D eigenvalue weighted by atomic mass is 10.1. The van der Waals surface area contributed by atoms with Crippen molar-refractivity contribution in [1.82, 2.24) is 15.0 Å². The van der Waals surface area contributed by atoms with Gasteiger partial charge >= 0.3 is 0 Å². The van der Waals surface area contributed by atoms with E-state index >= 15 is 0 Å². The standard InChI is InChI=1S/C16H11N3O/c20-16-14(11-5-3-9-17-15(11)19-16)13-8-7-10-4-1-2-6-12(10)18-13/h1-9,20H,(H,17,19). The van der Waals surface area contributed by atoms with Crippen LogP contribution in [0.3, 0.4) is 0 Å². The van der Waals surface area contributed by atoms with Gasteiger partial charge in [-0.1, -0.05) is 24.3 Å². The highest BCUT2D eigenvalue weighted by atomic mass is 16.3. The fourth-order valence-electron chi connectivity index (χ4n) is 2.47. The number of hydrogen-bond donors (Lipinski definition) is 2. The Hall–Kier alpha value is -2.88. The van der Waals surface area contributed by atoms with Crippen molar-refractivity contribution in [2.24, 2.45) is 0 Å². The number of aromatic nitrogens is 3. The van der Waals surface area contributed by atoms with Gasteiger partial charge in [0.25, 0.3) is 0 Å². The molecule has 0 aliphatic heterocycles. The quantitative estimate of drug-likeness (QED) is 0.551. The second-order valence-corrected chi connectivity index (χ2v) is 4.64. The number of H-pyrrole nitrogens is 1. The van der Waals surface area contributed by atoms with E-state index in [1.807, 2.05) is 48.5 Å². The van der Waals surface area contributed by atoms with E-state index in [-0.39, 0.29) is 5.88 Å². The molecule has 0 saturated heterocycles. The lowest BCUT2D eigenvalue weighted by Crippen LogP contribution is -1.84. The van der Waals surface area contributed by atoms with E-state index in [4.69, 9.17) is 0 Å². The Balaban J connectivity index is 2.03. The third-order valence-electron chi connectivity index (χ3n) is 3.41. The molecule has 4 aromatic rings. The Kier molecular flexibility index (Phi) is 2.23. The molecule has 96 valence electrons. The summed E-state index contributed by atoms with van der Waals surface area (Å²) in [6.45, 7) is 0. The molecule has 4 rings (SSSR count). The van der Waals surface area contributed by atoms with Crippen LogP contribution in [-0.4, -0.2) is 20.1 Å². The van der Waals surface area contributed by atoms with Gasteiger partial charge in [-0.15, -0.1) is 0 Å². The Morgan fingerprint density at radius 3 is 2.80 bits per heavy atom. The largest absolute Gasteiger partial charge is 0.494 e. The Labute approximate surface area is 114 Å². The van der Waals surface area contributed by atoms with E-state index in [1.165, 1.54) is 0 Å². The molecule has 0 fully saturated rings. The number of aromatic amines is 1. The molecule has 4 heteroatoms. The summed E-state index contributed by atoms with van der Waals surface area (Å²) in [5.41, 5.74) is 3.00. The van der Waals surface area contributed by atoms with E-state index in [0.29, 0.717) is 11.2 Å². The van der Waals surface area contributed by atoms with Crippen LogP contribution in [0.4, 0.5) is 0 Å². The number of fused-ring (bicyclic) bond motifs is 2. The van der Waals surface area contributed by atoms with Crippen LogP contribution in [0.2, 0.25) is 0 Å². The summed E-state index contributed by atoms with van der Waals surface area (Å²) in [4.78, 5) is 11.7. The van der Waals surface area contributed by atoms with Gasteiger partial charge in [0.05, 0.1) is 16.8 Å². The molecule has 20 heavy (non-hydrogen) atoms. The molecule has 0 spiro atoms. The van der Waals surface area contributed by atoms with Crippen LogP contribution in [-0.2, 0) is 0 Å². The number of rotatable bonds is 1. The number of hydrogen-bond acceptors (Lipinski definition) is 3. The first-order valence-electron chi connectivity index (χ1n) is 6.35. The van der Waals surface area contributed by atoms with Crippen molar-refractivity contribution in [2.45, 2.75) is 0 Å². The summed E-state index contributed by atoms with van der Waals surface area (Å²) in [7, 11) is 0. The molecule has 1 aromatic carbocycles. The highest BCUT2D eigenvalue weighted by Crippen LogP contribution is 2.35. The van der Waals surface area contributed by atoms with Gasteiger partial charge in [0.15, 0.2) is 5.88 Å². The average Bonchev–Trinajstić information content (AvgIpc) is 2.82. The molecule has 0 unspecified atom stereocenters. The third-order valence-corrected chi connectivity index (χ3v) is 3.41. The lowest BCUT2D eigenvalue weighted by molar-refractivity contribution is 0.460. The molecule has 0 saturated carbocycles. The van der Waals surface area contributed by atoms with Crippen LogP contribution in [0.25, 0.3) is 33.2 Å². The maximum Gasteiger partial charge on any atom is 0.200 e. The topological polar surface area (TPSA) is 61.8 Å². The van der Waals surface area contributed by atoms with Gasteiger partial charge in [-0.2, -0.15) is 0 Å². The van der Waals surface area contributed by atoms with Crippen molar-refractivity contribution in [1.29, 1.82) is 0 Å². The van der Waals surface area contributed by atoms with Crippen LogP contribution >= 0.6 is 0 Å². The number of benzene rings is 1. The molecule has 4 nitrogen and oxygen atoms in total. The first-order valence-corrected chi connectivity index (χ1v) is 6.35. The van der Waals surface area contributed by atoms with Gasteiger partial charge in [-0.25, -0.2) is 9.97 Å². The van der Waals surface area contributed by atoms with Gasteiger partial charge in [0, 0.05) is 17.0 Å². The van der Waals surface area contributed by atoms with E-state index in [1.54, 1.807) is 6.20 Å². The van der Waals surface area contributed by atoms with Crippen molar-refractivity contribution < 1.29 is 5.11 Å². The molecule has 0 atom stereocenters. The number of nitrogens with one attached hydrogen (secondary N) is 1. The van der Waals surface area contributed by atoms with Crippen molar-refractivity contribution in [3.05, 3.63) is 54.7 Å². The highest BCUT2D eigenvalue weighted by Gasteiger charge is 2.14. The van der Waals surface area contributed by atoms with E-state index in [9.17, 15) is 5.11 Å². The summed E-state index contributed by atoms with van der Waals surface area (Å²) in [5, 5.41) is 12.1. The van der Waals surface area contributed by atoms with Crippen LogP contribution in [0.1, 0.15) is 0 Å². The average molecular weight is 261 g/mol. The number of nitrogens with zero attached hydrogens (tertiary/aromatic N) is 2. The molecule has 3 heterocycles. The lowest BCUT2D eigenvalue weighted by Gasteiger charge is -2.02. The summed E-state index contributed by atoms with van der Waals surface area (Å²) in [6, 6.07) is 15.6. The maximum atomic E-state index is 10.1. The molecule has 0 aliphatic rings. The second kappa shape index (κ2) is 4.06. The summed E-state index contributed by atoms with van der Waals surface area (Å²) in [6.07, 6.45) is 1.69. The molecular weight excluding hydrogens is 250 g/mol. The normalized spacial score (nSPS) is 11.2. The fourth-order valence-corrected chi connectivity index (χ4v) is 2.47. The van der Waals surface area contributed by atoms with Gasteiger partial charge in [-0.05, 0) is 24.3 Å². The SMILES string of the molecule is Oc1[nH]c2ncccc2c1-c1ccc2ccccc2n1. The zero-order valence-electron chi connectivity index (χ0n) is 10.5. The zero-order valence-corrected chi connectivity index (χ0v) is 10.5. The predicted octanol–water partition coefficient (Wildman–Crippen LogP) is 3.48. The Morgan fingerprint density at radius 2 is 1.85 bits per heavy atom. The summed E-state index contributed by atoms with van der Waals surface area (Å²) < 4.78 is 0. The van der Waals surface area contributed by atoms with Crippen molar-refractivity contribution >= 4 is 21.9 Å². The minimum atomic E-state index is 0.0986. The van der Waals surface area contributed by atoms with Crippen LogP contribution in [0.5, 0.6) is 5.88 Å². The number of pyridine rings is 2. The molecule has 2 N–H and O–H groups in total. The summed E-state index contributed by atoms with van der Waals surface area (Å²) in [5.74, 6) is 0.0986. The smallest absolute Gasteiger partial charge is 0.200 e. The van der Waals surface area contributed by atoms with Crippen molar-refractivity contribution in [2.75, 3.05) is 0 Å². The van der Waals surface area contributed by atoms with Gasteiger partial charge < -0.3 is 10.1 Å². The Bertz CT molecular complexity index is 927. The van der Waals surface area contributed by atoms with E-state index < -0.39 is 0 Å². The molecule has 0 radical (unpaired) electrons. The summed E-state index contributed by atoms with van der Waals surface area (Å²) >= 11 is 0. The molecule has 0 bridgehead atoms. The first-order chi connectivity index (χ1) is 9.83. The zero-order chi connectivity index (χ0) is 13.5. The van der Waals surface area contributed by atoms with Crippen LogP contribution in [0, 0.1) is 0 Å². The maximum absolute atomic E-state index is 10.1. The monoisotopic (exact) mass is 261 g/mol. The van der Waals surface area contributed by atoms with Crippen molar-refractivity contribution in [3.8, 4) is 17.1 Å². The molecular formula is C16H11N3O. The molecule has 0 amide bonds. The highest BCUT2D eigenvalue weighted by molar-refractivity contribution is 5.97. The number of para-hydroxylation sites is 1. The number of aromatic hydroxyl groups is 1. The Morgan fingerprint density at radius 1 is 0.950 bits per heavy atom. The predicted molar refractivity (Wildman–Crippen MR) is 78.5 cm³/mol. The van der Waals surface area contributed by atoms with E-state index in [2.05, 4.69) is 15.0 Å². The second-order valence-electron chi connectivity index (χ2n) is 4.64.